The predicted octanol–water partition coefficient (Wildman–Crippen LogP) is 3.35. The van der Waals surface area contributed by atoms with Crippen LogP contribution in [0.5, 0.6) is 5.75 Å². The minimum Gasteiger partial charge on any atom is -0.494 e. The molecule has 0 bridgehead atoms. The molecule has 6 nitrogen and oxygen atoms in total. The summed E-state index contributed by atoms with van der Waals surface area (Å²) >= 11 is 5.21. The highest BCUT2D eigenvalue weighted by molar-refractivity contribution is 7.80. The quantitative estimate of drug-likeness (QED) is 0.637. The van der Waals surface area contributed by atoms with Crippen molar-refractivity contribution in [2.75, 3.05) is 18.5 Å². The number of thiocarbonyl (C=S) groups is 1. The minimum absolute atomic E-state index is 0.115. The van der Waals surface area contributed by atoms with E-state index in [0.717, 1.165) is 6.42 Å². The Hall–Kier alpha value is -2.93. The van der Waals surface area contributed by atoms with Gasteiger partial charge in [0.05, 0.1) is 17.9 Å². The van der Waals surface area contributed by atoms with Crippen LogP contribution in [0.15, 0.2) is 48.5 Å². The van der Waals surface area contributed by atoms with Crippen LogP contribution in [-0.4, -0.2) is 30.1 Å². The maximum absolute atomic E-state index is 12.3. The smallest absolute Gasteiger partial charge is 0.257 e. The van der Waals surface area contributed by atoms with E-state index in [1.165, 1.54) is 0 Å². The molecular weight excluding hydrogens is 362 g/mol. The Bertz CT molecular complexity index is 806. The van der Waals surface area contributed by atoms with Crippen LogP contribution >= 0.6 is 12.2 Å². The lowest BCUT2D eigenvalue weighted by Crippen LogP contribution is -2.35. The summed E-state index contributed by atoms with van der Waals surface area (Å²) in [6.07, 6.45) is 0.845. The second-order valence-corrected chi connectivity index (χ2v) is 6.08. The highest BCUT2D eigenvalue weighted by atomic mass is 32.1. The number of anilines is 1. The molecule has 0 aromatic heterocycles. The Morgan fingerprint density at radius 3 is 2.37 bits per heavy atom. The highest BCUT2D eigenvalue weighted by Crippen LogP contribution is 2.15. The molecule has 0 saturated carbocycles. The molecule has 3 N–H and O–H groups in total. The lowest BCUT2D eigenvalue weighted by molar-refractivity contribution is 0.0952. The summed E-state index contributed by atoms with van der Waals surface area (Å²) < 4.78 is 5.36. The molecule has 0 spiro atoms. The lowest BCUT2D eigenvalue weighted by Gasteiger charge is -2.13. The number of hydrogen-bond acceptors (Lipinski definition) is 4. The number of ether oxygens (including phenoxy) is 1. The molecule has 0 radical (unpaired) electrons. The van der Waals surface area contributed by atoms with E-state index >= 15 is 0 Å². The van der Waals surface area contributed by atoms with E-state index in [-0.39, 0.29) is 16.9 Å². The molecule has 0 unspecified atom stereocenters. The van der Waals surface area contributed by atoms with Crippen molar-refractivity contribution in [1.29, 1.82) is 0 Å². The topological polar surface area (TPSA) is 79.5 Å². The van der Waals surface area contributed by atoms with E-state index < -0.39 is 0 Å². The third kappa shape index (κ3) is 6.07. The van der Waals surface area contributed by atoms with Gasteiger partial charge in [-0.15, -0.1) is 0 Å². The van der Waals surface area contributed by atoms with Crippen molar-refractivity contribution in [3.8, 4) is 5.75 Å². The minimum atomic E-state index is -0.344. The van der Waals surface area contributed by atoms with E-state index in [4.69, 9.17) is 17.0 Å². The average molecular weight is 385 g/mol. The van der Waals surface area contributed by atoms with Gasteiger partial charge in [0, 0.05) is 12.1 Å². The van der Waals surface area contributed by atoms with Gasteiger partial charge in [0.2, 0.25) is 0 Å². The normalized spacial score (nSPS) is 10.0. The first-order valence-electron chi connectivity index (χ1n) is 8.77. The molecule has 2 rings (SSSR count). The van der Waals surface area contributed by atoms with Crippen LogP contribution in [0, 0.1) is 0 Å². The number of rotatable bonds is 7. The predicted molar refractivity (Wildman–Crippen MR) is 110 cm³/mol. The second-order valence-electron chi connectivity index (χ2n) is 5.67. The molecule has 0 fully saturated rings. The standard InChI is InChI=1S/C20H23N3O3S/c1-3-13-21-19(25)16-7-5-6-8-17(16)22-20(27)23-18(24)14-9-11-15(12-10-14)26-4-2/h5-12H,3-4,13H2,1-2H3,(H,21,25)(H2,22,23,24,27). The Balaban J connectivity index is 2.01. The van der Waals surface area contributed by atoms with E-state index in [1.54, 1.807) is 48.5 Å². The lowest BCUT2D eigenvalue weighted by atomic mass is 10.1. The number of benzene rings is 2. The molecule has 2 aromatic carbocycles. The van der Waals surface area contributed by atoms with Gasteiger partial charge < -0.3 is 15.4 Å². The van der Waals surface area contributed by atoms with Gasteiger partial charge in [-0.3, -0.25) is 14.9 Å². The van der Waals surface area contributed by atoms with Crippen molar-refractivity contribution >= 4 is 34.8 Å². The zero-order valence-corrected chi connectivity index (χ0v) is 16.2. The van der Waals surface area contributed by atoms with Crippen LogP contribution in [0.25, 0.3) is 0 Å². The van der Waals surface area contributed by atoms with Crippen molar-refractivity contribution < 1.29 is 14.3 Å². The summed E-state index contributed by atoms with van der Waals surface area (Å²) in [6.45, 7) is 5.03. The fourth-order valence-corrected chi connectivity index (χ4v) is 2.52. The Morgan fingerprint density at radius 1 is 1.00 bits per heavy atom. The van der Waals surface area contributed by atoms with Gasteiger partial charge in [0.25, 0.3) is 11.8 Å². The SMILES string of the molecule is CCCNC(=O)c1ccccc1NC(=S)NC(=O)c1ccc(OCC)cc1. The molecule has 0 aliphatic heterocycles. The molecule has 0 saturated heterocycles. The molecular formula is C20H23N3O3S. The van der Waals surface area contributed by atoms with Gasteiger partial charge in [0.15, 0.2) is 5.11 Å². The summed E-state index contributed by atoms with van der Waals surface area (Å²) in [5.41, 5.74) is 1.45. The van der Waals surface area contributed by atoms with E-state index in [2.05, 4.69) is 16.0 Å². The van der Waals surface area contributed by atoms with Crippen LogP contribution in [0.2, 0.25) is 0 Å². The third-order valence-electron chi connectivity index (χ3n) is 3.61. The number of carbonyl (C=O) groups excluding carboxylic acids is 2. The Kier molecular flexibility index (Phi) is 7.76. The van der Waals surface area contributed by atoms with Crippen LogP contribution in [-0.2, 0) is 0 Å². The number of carbonyl (C=O) groups is 2. The molecule has 2 amide bonds. The first-order chi connectivity index (χ1) is 13.0. The monoisotopic (exact) mass is 385 g/mol. The third-order valence-corrected chi connectivity index (χ3v) is 3.81. The summed E-state index contributed by atoms with van der Waals surface area (Å²) in [5.74, 6) is 0.158. The number of para-hydroxylation sites is 1. The zero-order chi connectivity index (χ0) is 19.6. The molecule has 0 heterocycles. The van der Waals surface area contributed by atoms with Crippen molar-refractivity contribution in [1.82, 2.24) is 10.6 Å². The van der Waals surface area contributed by atoms with E-state index in [0.29, 0.717) is 35.7 Å². The Morgan fingerprint density at radius 2 is 1.70 bits per heavy atom. The second kappa shape index (κ2) is 10.3. The first kappa shape index (κ1) is 20.4. The van der Waals surface area contributed by atoms with Gasteiger partial charge in [-0.2, -0.15) is 0 Å². The molecule has 27 heavy (non-hydrogen) atoms. The maximum atomic E-state index is 12.3. The number of nitrogens with one attached hydrogen (secondary N) is 3. The number of amides is 2. The fourth-order valence-electron chi connectivity index (χ4n) is 2.32. The van der Waals surface area contributed by atoms with Gasteiger partial charge in [-0.05, 0) is 62.0 Å². The van der Waals surface area contributed by atoms with Crippen LogP contribution in [0.3, 0.4) is 0 Å². The molecule has 0 aliphatic carbocycles. The highest BCUT2D eigenvalue weighted by Gasteiger charge is 2.13. The molecule has 0 aliphatic rings. The summed E-state index contributed by atoms with van der Waals surface area (Å²) in [6, 6.07) is 13.8. The fraction of sp³-hybridized carbons (Fsp3) is 0.250. The van der Waals surface area contributed by atoms with Crippen LogP contribution in [0.1, 0.15) is 41.0 Å². The molecule has 142 valence electrons. The van der Waals surface area contributed by atoms with Crippen LogP contribution < -0.4 is 20.7 Å². The van der Waals surface area contributed by atoms with Crippen molar-refractivity contribution in [3.63, 3.8) is 0 Å². The van der Waals surface area contributed by atoms with Gasteiger partial charge in [-0.1, -0.05) is 19.1 Å². The summed E-state index contributed by atoms with van der Waals surface area (Å²) in [7, 11) is 0. The number of hydrogen-bond donors (Lipinski definition) is 3. The van der Waals surface area contributed by atoms with Crippen LogP contribution in [0.4, 0.5) is 5.69 Å². The maximum Gasteiger partial charge on any atom is 0.257 e. The summed E-state index contributed by atoms with van der Waals surface area (Å²) in [5, 5.41) is 8.47. The van der Waals surface area contributed by atoms with E-state index in [9.17, 15) is 9.59 Å². The average Bonchev–Trinajstić information content (AvgIpc) is 2.67. The van der Waals surface area contributed by atoms with Crippen molar-refractivity contribution in [2.24, 2.45) is 0 Å². The summed E-state index contributed by atoms with van der Waals surface area (Å²) in [4.78, 5) is 24.6. The van der Waals surface area contributed by atoms with Gasteiger partial charge in [0.1, 0.15) is 5.75 Å². The molecule has 0 atom stereocenters. The van der Waals surface area contributed by atoms with Crippen molar-refractivity contribution in [3.05, 3.63) is 59.7 Å². The Labute approximate surface area is 164 Å². The molecule has 7 heteroatoms. The van der Waals surface area contributed by atoms with E-state index in [1.807, 2.05) is 13.8 Å². The van der Waals surface area contributed by atoms with Gasteiger partial charge >= 0.3 is 0 Å². The first-order valence-corrected chi connectivity index (χ1v) is 9.18. The molecule has 2 aromatic rings. The van der Waals surface area contributed by atoms with Gasteiger partial charge in [-0.25, -0.2) is 0 Å². The van der Waals surface area contributed by atoms with Crippen molar-refractivity contribution in [2.45, 2.75) is 20.3 Å². The zero-order valence-electron chi connectivity index (χ0n) is 15.4. The largest absolute Gasteiger partial charge is 0.494 e.